The Kier molecular flexibility index (Phi) is 7.59. The summed E-state index contributed by atoms with van der Waals surface area (Å²) in [7, 11) is 0. The highest BCUT2D eigenvalue weighted by atomic mass is 19.1. The summed E-state index contributed by atoms with van der Waals surface area (Å²) < 4.78 is 13.6. The monoisotopic (exact) mass is 306 g/mol. The van der Waals surface area contributed by atoms with Gasteiger partial charge in [-0.3, -0.25) is 0 Å². The van der Waals surface area contributed by atoms with Gasteiger partial charge in [-0.05, 0) is 79.0 Å². The fourth-order valence-corrected chi connectivity index (χ4v) is 3.61. The van der Waals surface area contributed by atoms with Crippen molar-refractivity contribution in [3.63, 3.8) is 0 Å². The highest BCUT2D eigenvalue weighted by Gasteiger charge is 2.29. The molecule has 0 saturated heterocycles. The maximum absolute atomic E-state index is 13.6. The normalized spacial score (nSPS) is 22.0. The number of hydrogen-bond acceptors (Lipinski definition) is 0. The fourth-order valence-electron chi connectivity index (χ4n) is 3.61. The first kappa shape index (κ1) is 19.2. The van der Waals surface area contributed by atoms with Crippen LogP contribution >= 0.6 is 0 Å². The molecule has 0 nitrogen and oxygen atoms in total. The first-order valence-electron chi connectivity index (χ1n) is 9.17. The Labute approximate surface area is 137 Å². The summed E-state index contributed by atoms with van der Waals surface area (Å²) in [6.45, 7) is 13.2. The second-order valence-electron chi connectivity index (χ2n) is 7.61. The van der Waals surface area contributed by atoms with Gasteiger partial charge in [-0.25, -0.2) is 4.39 Å². The smallest absolute Gasteiger partial charge is 0.123 e. The van der Waals surface area contributed by atoms with Crippen LogP contribution in [-0.4, -0.2) is 0 Å². The van der Waals surface area contributed by atoms with E-state index in [9.17, 15) is 4.39 Å². The number of halogens is 1. The molecular weight excluding hydrogens is 271 g/mol. The van der Waals surface area contributed by atoms with Crippen LogP contribution in [0.2, 0.25) is 0 Å². The van der Waals surface area contributed by atoms with E-state index in [2.05, 4.69) is 33.8 Å². The van der Waals surface area contributed by atoms with Crippen LogP contribution in [0, 0.1) is 23.1 Å². The Morgan fingerprint density at radius 1 is 0.955 bits per heavy atom. The summed E-state index contributed by atoms with van der Waals surface area (Å²) in [6.07, 6.45) is 7.26. The van der Waals surface area contributed by atoms with E-state index < -0.39 is 0 Å². The zero-order chi connectivity index (χ0) is 16.8. The molecule has 0 aromatic heterocycles. The summed E-state index contributed by atoms with van der Waals surface area (Å²) in [5.41, 5.74) is 2.77. The third-order valence-electron chi connectivity index (χ3n) is 5.02. The van der Waals surface area contributed by atoms with E-state index >= 15 is 0 Å². The van der Waals surface area contributed by atoms with E-state index in [0.717, 1.165) is 30.2 Å². The molecule has 22 heavy (non-hydrogen) atoms. The zero-order valence-electron chi connectivity index (χ0n) is 15.5. The van der Waals surface area contributed by atoms with Gasteiger partial charge in [-0.15, -0.1) is 0 Å². The zero-order valence-corrected chi connectivity index (χ0v) is 15.5. The molecule has 126 valence electrons. The summed E-state index contributed by atoms with van der Waals surface area (Å²) in [5, 5.41) is 0. The van der Waals surface area contributed by atoms with E-state index in [1.807, 2.05) is 13.8 Å². The largest absolute Gasteiger partial charge is 0.207 e. The first-order valence-corrected chi connectivity index (χ1v) is 9.17. The third kappa shape index (κ3) is 5.74. The lowest BCUT2D eigenvalue weighted by molar-refractivity contribution is 0.150. The third-order valence-corrected chi connectivity index (χ3v) is 5.02. The molecule has 0 atom stereocenters. The lowest BCUT2D eigenvalue weighted by atomic mass is 9.69. The molecule has 1 aromatic carbocycles. The second kappa shape index (κ2) is 8.70. The molecule has 0 amide bonds. The standard InChI is InChI=1S/C19H29F.C2H6/c1-5-14-10-16(13-18(20)12-14)11-15-6-8-17(9-7-15)19(2,3)4;1-2/h10,12-13,15,17H,5-9,11H2,1-4H3;1-2H3. The minimum atomic E-state index is -0.0669. The van der Waals surface area contributed by atoms with Crippen LogP contribution in [0.15, 0.2) is 18.2 Å². The van der Waals surface area contributed by atoms with Crippen LogP contribution in [0.5, 0.6) is 0 Å². The van der Waals surface area contributed by atoms with Crippen molar-refractivity contribution >= 4 is 0 Å². The van der Waals surface area contributed by atoms with Crippen LogP contribution in [-0.2, 0) is 12.8 Å². The minimum absolute atomic E-state index is 0.0669. The first-order chi connectivity index (χ1) is 10.4. The van der Waals surface area contributed by atoms with Crippen LogP contribution in [0.3, 0.4) is 0 Å². The molecule has 1 fully saturated rings. The number of benzene rings is 1. The predicted molar refractivity (Wildman–Crippen MR) is 95.7 cm³/mol. The molecule has 1 aliphatic carbocycles. The Hall–Kier alpha value is -0.850. The van der Waals surface area contributed by atoms with Crippen molar-refractivity contribution in [1.82, 2.24) is 0 Å². The van der Waals surface area contributed by atoms with Crippen molar-refractivity contribution in [1.29, 1.82) is 0 Å². The Morgan fingerprint density at radius 3 is 2.00 bits per heavy atom. The lowest BCUT2D eigenvalue weighted by Gasteiger charge is -2.37. The average molecular weight is 307 g/mol. The van der Waals surface area contributed by atoms with Crippen molar-refractivity contribution in [3.8, 4) is 0 Å². The van der Waals surface area contributed by atoms with Crippen LogP contribution in [0.25, 0.3) is 0 Å². The maximum Gasteiger partial charge on any atom is 0.123 e. The Morgan fingerprint density at radius 2 is 1.50 bits per heavy atom. The van der Waals surface area contributed by atoms with E-state index in [1.54, 1.807) is 12.1 Å². The molecule has 0 N–H and O–H groups in total. The van der Waals surface area contributed by atoms with Gasteiger partial charge in [0.25, 0.3) is 0 Å². The summed E-state index contributed by atoms with van der Waals surface area (Å²) in [6, 6.07) is 5.59. The van der Waals surface area contributed by atoms with Gasteiger partial charge in [0.1, 0.15) is 5.82 Å². The van der Waals surface area contributed by atoms with Crippen molar-refractivity contribution < 1.29 is 4.39 Å². The molecule has 1 aliphatic rings. The van der Waals surface area contributed by atoms with E-state index in [0.29, 0.717) is 5.41 Å². The van der Waals surface area contributed by atoms with Crippen molar-refractivity contribution in [2.75, 3.05) is 0 Å². The van der Waals surface area contributed by atoms with Gasteiger partial charge in [0.15, 0.2) is 0 Å². The van der Waals surface area contributed by atoms with E-state index in [4.69, 9.17) is 0 Å². The van der Waals surface area contributed by atoms with Crippen molar-refractivity contribution in [2.45, 2.75) is 80.1 Å². The van der Waals surface area contributed by atoms with Crippen LogP contribution < -0.4 is 0 Å². The number of aryl methyl sites for hydroxylation is 1. The lowest BCUT2D eigenvalue weighted by Crippen LogP contribution is -2.26. The van der Waals surface area contributed by atoms with E-state index in [-0.39, 0.29) is 5.82 Å². The molecule has 1 heteroatoms. The minimum Gasteiger partial charge on any atom is -0.207 e. The SMILES string of the molecule is CC.CCc1cc(F)cc(CC2CCC(C(C)(C)C)CC2)c1. The molecule has 0 unspecified atom stereocenters. The number of rotatable bonds is 3. The van der Waals surface area contributed by atoms with Gasteiger partial charge in [0, 0.05) is 0 Å². The van der Waals surface area contributed by atoms with Crippen molar-refractivity contribution in [3.05, 3.63) is 35.1 Å². The average Bonchev–Trinajstić information content (AvgIpc) is 2.48. The Balaban J connectivity index is 0.00000116. The molecule has 2 rings (SSSR count). The second-order valence-corrected chi connectivity index (χ2v) is 7.61. The quantitative estimate of drug-likeness (QED) is 0.575. The molecule has 0 spiro atoms. The highest BCUT2D eigenvalue weighted by Crippen LogP contribution is 2.40. The molecule has 0 radical (unpaired) electrons. The van der Waals surface area contributed by atoms with E-state index in [1.165, 1.54) is 31.2 Å². The summed E-state index contributed by atoms with van der Waals surface area (Å²) in [4.78, 5) is 0. The van der Waals surface area contributed by atoms with Crippen molar-refractivity contribution in [2.24, 2.45) is 17.3 Å². The van der Waals surface area contributed by atoms with Gasteiger partial charge in [0.2, 0.25) is 0 Å². The van der Waals surface area contributed by atoms with Gasteiger partial charge in [0.05, 0.1) is 0 Å². The molecule has 1 aromatic rings. The summed E-state index contributed by atoms with van der Waals surface area (Å²) >= 11 is 0. The maximum atomic E-state index is 13.6. The molecular formula is C21H35F. The summed E-state index contributed by atoms with van der Waals surface area (Å²) in [5.74, 6) is 1.54. The van der Waals surface area contributed by atoms with Crippen LogP contribution in [0.1, 0.15) is 78.4 Å². The molecule has 1 saturated carbocycles. The predicted octanol–water partition coefficient (Wildman–Crippen LogP) is 6.81. The topological polar surface area (TPSA) is 0 Å². The molecule has 0 aliphatic heterocycles. The molecule has 0 bridgehead atoms. The van der Waals surface area contributed by atoms with Crippen LogP contribution in [0.4, 0.5) is 4.39 Å². The number of hydrogen-bond donors (Lipinski definition) is 0. The van der Waals surface area contributed by atoms with Gasteiger partial charge in [-0.2, -0.15) is 0 Å². The van der Waals surface area contributed by atoms with Gasteiger partial charge < -0.3 is 0 Å². The Bertz CT molecular complexity index is 434. The van der Waals surface area contributed by atoms with Gasteiger partial charge in [-0.1, -0.05) is 47.6 Å². The highest BCUT2D eigenvalue weighted by molar-refractivity contribution is 5.25. The molecule has 0 heterocycles. The fraction of sp³-hybridized carbons (Fsp3) is 0.714. The van der Waals surface area contributed by atoms with Gasteiger partial charge >= 0.3 is 0 Å².